The van der Waals surface area contributed by atoms with Crippen molar-refractivity contribution >= 4 is 39.7 Å². The highest BCUT2D eigenvalue weighted by Gasteiger charge is 2.33. The largest absolute Gasteiger partial charge is 0.417 e. The van der Waals surface area contributed by atoms with Gasteiger partial charge in [-0.25, -0.2) is 4.98 Å². The smallest absolute Gasteiger partial charge is 0.355 e. The number of anilines is 2. The Labute approximate surface area is 186 Å². The number of fused-ring (bicyclic) bond motifs is 1. The lowest BCUT2D eigenvalue weighted by Crippen LogP contribution is -2.38. The van der Waals surface area contributed by atoms with Crippen LogP contribution in [0.25, 0.3) is 0 Å². The molecule has 5 nitrogen and oxygen atoms in total. The number of thiophene rings is 1. The summed E-state index contributed by atoms with van der Waals surface area (Å²) in [5, 5.41) is 13.1. The van der Waals surface area contributed by atoms with Crippen LogP contribution >= 0.6 is 22.9 Å². The third-order valence-corrected chi connectivity index (χ3v) is 7.32. The Morgan fingerprint density at radius 3 is 2.65 bits per heavy atom. The lowest BCUT2D eigenvalue weighted by atomic mass is 9.95. The van der Waals surface area contributed by atoms with E-state index in [1.54, 1.807) is 4.90 Å². The van der Waals surface area contributed by atoms with Gasteiger partial charge in [0.2, 0.25) is 5.91 Å². The normalized spacial score (nSPS) is 17.2. The van der Waals surface area contributed by atoms with Crippen molar-refractivity contribution in [2.75, 3.05) is 23.3 Å². The second-order valence-electron chi connectivity index (χ2n) is 7.80. The van der Waals surface area contributed by atoms with E-state index in [0.717, 1.165) is 43.5 Å². The van der Waals surface area contributed by atoms with E-state index in [9.17, 15) is 23.2 Å². The summed E-state index contributed by atoms with van der Waals surface area (Å²) in [6.45, 7) is 0.921. The number of halogens is 4. The minimum Gasteiger partial charge on any atom is -0.355 e. The molecule has 164 valence electrons. The van der Waals surface area contributed by atoms with Crippen LogP contribution in [0, 0.1) is 17.2 Å². The van der Waals surface area contributed by atoms with E-state index in [0.29, 0.717) is 42.3 Å². The number of aryl methyl sites for hydroxylation is 1. The molecule has 2 aromatic heterocycles. The molecular formula is C21H20ClF3N4OS. The summed E-state index contributed by atoms with van der Waals surface area (Å²) in [4.78, 5) is 19.7. The number of piperidine rings is 1. The zero-order chi connectivity index (χ0) is 22.2. The van der Waals surface area contributed by atoms with Crippen LogP contribution in [0.15, 0.2) is 12.3 Å². The molecule has 10 heteroatoms. The van der Waals surface area contributed by atoms with Crippen LogP contribution in [-0.4, -0.2) is 24.0 Å². The predicted molar refractivity (Wildman–Crippen MR) is 113 cm³/mol. The topological polar surface area (TPSA) is 69.0 Å². The molecule has 1 amide bonds. The van der Waals surface area contributed by atoms with Crippen molar-refractivity contribution in [2.45, 2.75) is 44.7 Å². The molecule has 0 spiro atoms. The van der Waals surface area contributed by atoms with Crippen LogP contribution in [0.2, 0.25) is 5.02 Å². The van der Waals surface area contributed by atoms with Crippen molar-refractivity contribution in [2.24, 2.45) is 5.92 Å². The van der Waals surface area contributed by atoms with Crippen molar-refractivity contribution in [3.8, 4) is 6.07 Å². The number of aromatic nitrogens is 1. The van der Waals surface area contributed by atoms with Gasteiger partial charge in [-0.15, -0.1) is 11.3 Å². The van der Waals surface area contributed by atoms with Crippen LogP contribution in [0.3, 0.4) is 0 Å². The molecule has 1 saturated heterocycles. The lowest BCUT2D eigenvalue weighted by Gasteiger charge is -2.32. The van der Waals surface area contributed by atoms with Crippen molar-refractivity contribution in [1.82, 2.24) is 4.98 Å². The number of hydrogen-bond acceptors (Lipinski definition) is 5. The van der Waals surface area contributed by atoms with Gasteiger partial charge in [0, 0.05) is 30.1 Å². The Morgan fingerprint density at radius 2 is 2.00 bits per heavy atom. The molecule has 0 saturated carbocycles. The van der Waals surface area contributed by atoms with Crippen molar-refractivity contribution in [3.63, 3.8) is 0 Å². The highest BCUT2D eigenvalue weighted by atomic mass is 35.5. The first kappa shape index (κ1) is 21.9. The highest BCUT2D eigenvalue weighted by Crippen LogP contribution is 2.38. The van der Waals surface area contributed by atoms with Crippen LogP contribution in [0.5, 0.6) is 0 Å². The van der Waals surface area contributed by atoms with E-state index < -0.39 is 11.7 Å². The first-order valence-electron chi connectivity index (χ1n) is 10.1. The third kappa shape index (κ3) is 4.51. The Bertz CT molecular complexity index is 1040. The molecule has 0 bridgehead atoms. The molecule has 0 atom stereocenters. The predicted octanol–water partition coefficient (Wildman–Crippen LogP) is 5.42. The van der Waals surface area contributed by atoms with E-state index in [-0.39, 0.29) is 16.8 Å². The molecule has 4 rings (SSSR count). The zero-order valence-electron chi connectivity index (χ0n) is 16.6. The van der Waals surface area contributed by atoms with E-state index in [4.69, 9.17) is 11.6 Å². The van der Waals surface area contributed by atoms with Crippen molar-refractivity contribution in [1.29, 1.82) is 5.26 Å². The molecule has 1 fully saturated rings. The molecule has 1 aliphatic heterocycles. The van der Waals surface area contributed by atoms with Gasteiger partial charge >= 0.3 is 6.18 Å². The molecule has 0 radical (unpaired) electrons. The van der Waals surface area contributed by atoms with Gasteiger partial charge < -0.3 is 10.2 Å². The number of amides is 1. The number of pyridine rings is 1. The number of carbonyl (C=O) groups is 1. The summed E-state index contributed by atoms with van der Waals surface area (Å²) in [6, 6.07) is 3.13. The van der Waals surface area contributed by atoms with E-state index >= 15 is 0 Å². The summed E-state index contributed by atoms with van der Waals surface area (Å²) in [7, 11) is 0. The SMILES string of the molecule is N#Cc1c(NC(=O)C2CCN(c3ncc(C(F)(F)F)cc3Cl)CC2)sc2c1CCCC2. The summed E-state index contributed by atoms with van der Waals surface area (Å²) in [5.41, 5.74) is 0.778. The van der Waals surface area contributed by atoms with E-state index in [2.05, 4.69) is 16.4 Å². The van der Waals surface area contributed by atoms with Crippen LogP contribution in [0.1, 0.15) is 47.3 Å². The molecule has 3 heterocycles. The molecule has 0 unspecified atom stereocenters. The number of carbonyl (C=O) groups excluding carboxylic acids is 1. The molecular weight excluding hydrogens is 449 g/mol. The van der Waals surface area contributed by atoms with Gasteiger partial charge in [0.05, 0.1) is 16.1 Å². The van der Waals surface area contributed by atoms with Crippen LogP contribution in [-0.2, 0) is 23.8 Å². The molecule has 0 aromatic carbocycles. The Balaban J connectivity index is 1.40. The van der Waals surface area contributed by atoms with Gasteiger partial charge in [-0.05, 0) is 50.2 Å². The average Bonchev–Trinajstić information content (AvgIpc) is 3.10. The standard InChI is InChI=1S/C21H20ClF3N4OS/c22-16-9-13(21(23,24)25)11-27-18(16)29-7-5-12(6-8-29)19(30)28-20-15(10-26)14-3-1-2-4-17(14)31-20/h9,11-12H,1-8H2,(H,28,30). The molecule has 1 aliphatic carbocycles. The first-order chi connectivity index (χ1) is 14.8. The van der Waals surface area contributed by atoms with Gasteiger partial charge in [-0.1, -0.05) is 11.6 Å². The number of nitriles is 1. The second-order valence-corrected chi connectivity index (χ2v) is 9.32. The minimum absolute atomic E-state index is 0.0550. The van der Waals surface area contributed by atoms with Crippen LogP contribution < -0.4 is 10.2 Å². The number of rotatable bonds is 3. The fourth-order valence-electron chi connectivity index (χ4n) is 4.16. The molecule has 2 aliphatic rings. The second kappa shape index (κ2) is 8.67. The Morgan fingerprint density at radius 1 is 1.29 bits per heavy atom. The lowest BCUT2D eigenvalue weighted by molar-refractivity contribution is -0.137. The van der Waals surface area contributed by atoms with Crippen molar-refractivity contribution in [3.05, 3.63) is 38.9 Å². The summed E-state index contributed by atoms with van der Waals surface area (Å²) < 4.78 is 38.4. The third-order valence-electron chi connectivity index (χ3n) is 5.83. The number of nitrogens with zero attached hydrogens (tertiary/aromatic N) is 3. The Kier molecular flexibility index (Phi) is 6.13. The van der Waals surface area contributed by atoms with Crippen molar-refractivity contribution < 1.29 is 18.0 Å². The highest BCUT2D eigenvalue weighted by molar-refractivity contribution is 7.16. The first-order valence-corrected chi connectivity index (χ1v) is 11.3. The maximum absolute atomic E-state index is 12.8. The molecule has 31 heavy (non-hydrogen) atoms. The molecule has 1 N–H and O–H groups in total. The quantitative estimate of drug-likeness (QED) is 0.653. The fourth-order valence-corrected chi connectivity index (χ4v) is 5.69. The molecule has 2 aromatic rings. The Hall–Kier alpha value is -2.31. The van der Waals surface area contributed by atoms with Gasteiger partial charge in [-0.2, -0.15) is 18.4 Å². The maximum Gasteiger partial charge on any atom is 0.417 e. The maximum atomic E-state index is 12.8. The average molecular weight is 469 g/mol. The number of hydrogen-bond donors (Lipinski definition) is 1. The van der Waals surface area contributed by atoms with Gasteiger partial charge in [0.25, 0.3) is 0 Å². The zero-order valence-corrected chi connectivity index (χ0v) is 18.1. The van der Waals surface area contributed by atoms with Gasteiger partial charge in [0.1, 0.15) is 16.9 Å². The minimum atomic E-state index is -4.50. The van der Waals surface area contributed by atoms with Crippen LogP contribution in [0.4, 0.5) is 24.0 Å². The van der Waals surface area contributed by atoms with E-state index in [1.165, 1.54) is 16.2 Å². The number of alkyl halides is 3. The van der Waals surface area contributed by atoms with Gasteiger partial charge in [0.15, 0.2) is 0 Å². The van der Waals surface area contributed by atoms with Gasteiger partial charge in [-0.3, -0.25) is 4.79 Å². The number of nitrogens with one attached hydrogen (secondary N) is 1. The summed E-state index contributed by atoms with van der Waals surface area (Å²) in [5.74, 6) is -0.0670. The summed E-state index contributed by atoms with van der Waals surface area (Å²) in [6.07, 6.45) is 1.32. The fraction of sp³-hybridized carbons (Fsp3) is 0.476. The monoisotopic (exact) mass is 468 g/mol. The summed E-state index contributed by atoms with van der Waals surface area (Å²) >= 11 is 7.54. The van der Waals surface area contributed by atoms with E-state index in [1.807, 2.05) is 0 Å².